The van der Waals surface area contributed by atoms with E-state index in [0.29, 0.717) is 6.54 Å². The third-order valence-electron chi connectivity index (χ3n) is 2.22. The van der Waals surface area contributed by atoms with E-state index in [-0.39, 0.29) is 0 Å². The predicted octanol–water partition coefficient (Wildman–Crippen LogP) is 2.60. The normalized spacial score (nSPS) is 9.18. The van der Waals surface area contributed by atoms with Crippen molar-refractivity contribution in [3.63, 3.8) is 0 Å². The molecule has 0 bridgehead atoms. The molecule has 0 aliphatic heterocycles. The number of hydrogen-bond acceptors (Lipinski definition) is 2. The third kappa shape index (κ3) is 3.40. The van der Waals surface area contributed by atoms with Crippen LogP contribution in [-0.4, -0.2) is 4.98 Å². The average Bonchev–Trinajstić information content (AvgIpc) is 2.42. The molecule has 1 aromatic carbocycles. The molecule has 2 rings (SSSR count). The van der Waals surface area contributed by atoms with Gasteiger partial charge in [0.15, 0.2) is 0 Å². The van der Waals surface area contributed by atoms with Crippen molar-refractivity contribution in [3.8, 4) is 24.0 Å². The van der Waals surface area contributed by atoms with Crippen molar-refractivity contribution in [2.75, 3.05) is 0 Å². The van der Waals surface area contributed by atoms with Crippen molar-refractivity contribution < 1.29 is 4.39 Å². The van der Waals surface area contributed by atoms with Crippen LogP contribution in [0.3, 0.4) is 0 Å². The van der Waals surface area contributed by atoms with E-state index in [1.165, 1.54) is 12.3 Å². The lowest BCUT2D eigenvalue weighted by atomic mass is 10.1. The molecule has 0 fully saturated rings. The van der Waals surface area contributed by atoms with Crippen LogP contribution in [-0.2, 0) is 6.54 Å². The van der Waals surface area contributed by atoms with Gasteiger partial charge in [0.05, 0.1) is 0 Å². The Morgan fingerprint density at radius 2 is 1.88 bits per heavy atom. The Hall–Kier alpha value is -2.18. The lowest BCUT2D eigenvalue weighted by molar-refractivity contribution is 0.584. The fourth-order valence-corrected chi connectivity index (χ4v) is 1.42. The average molecular weight is 228 g/mol. The SMILES string of the molecule is C#C.NCc1cccc(-c2ccc(F)nc2)c1. The maximum Gasteiger partial charge on any atom is 0.212 e. The quantitative estimate of drug-likeness (QED) is 0.634. The van der Waals surface area contributed by atoms with E-state index >= 15 is 0 Å². The summed E-state index contributed by atoms with van der Waals surface area (Å²) in [6, 6.07) is 10.9. The first-order chi connectivity index (χ1) is 8.29. The van der Waals surface area contributed by atoms with E-state index in [2.05, 4.69) is 17.8 Å². The molecule has 0 amide bonds. The van der Waals surface area contributed by atoms with Crippen LogP contribution in [0.5, 0.6) is 0 Å². The van der Waals surface area contributed by atoms with Gasteiger partial charge in [-0.05, 0) is 29.3 Å². The van der Waals surface area contributed by atoms with E-state index in [4.69, 9.17) is 5.73 Å². The lowest BCUT2D eigenvalue weighted by Gasteiger charge is -2.03. The second-order valence-electron chi connectivity index (χ2n) is 3.27. The Morgan fingerprint density at radius 3 is 2.47 bits per heavy atom. The molecule has 3 heteroatoms. The summed E-state index contributed by atoms with van der Waals surface area (Å²) in [7, 11) is 0. The highest BCUT2D eigenvalue weighted by atomic mass is 19.1. The number of halogens is 1. The second-order valence-corrected chi connectivity index (χ2v) is 3.27. The van der Waals surface area contributed by atoms with Crippen LogP contribution in [0.1, 0.15) is 5.56 Å². The molecule has 0 saturated heterocycles. The van der Waals surface area contributed by atoms with Crippen LogP contribution in [0.25, 0.3) is 11.1 Å². The van der Waals surface area contributed by atoms with E-state index in [1.807, 2.05) is 24.3 Å². The highest BCUT2D eigenvalue weighted by Gasteiger charge is 1.99. The topological polar surface area (TPSA) is 38.9 Å². The molecular weight excluding hydrogens is 215 g/mol. The van der Waals surface area contributed by atoms with Gasteiger partial charge >= 0.3 is 0 Å². The molecule has 0 aliphatic rings. The number of nitrogens with two attached hydrogens (primary N) is 1. The van der Waals surface area contributed by atoms with Gasteiger partial charge in [0.25, 0.3) is 0 Å². The van der Waals surface area contributed by atoms with Crippen molar-refractivity contribution in [1.82, 2.24) is 4.98 Å². The van der Waals surface area contributed by atoms with E-state index in [9.17, 15) is 4.39 Å². The maximum absolute atomic E-state index is 12.6. The van der Waals surface area contributed by atoms with Gasteiger partial charge in [-0.1, -0.05) is 18.2 Å². The number of hydrogen-bond donors (Lipinski definition) is 1. The van der Waals surface area contributed by atoms with Crippen molar-refractivity contribution in [3.05, 3.63) is 54.1 Å². The Balaban J connectivity index is 0.000000686. The maximum atomic E-state index is 12.6. The molecule has 2 aromatic rings. The molecule has 1 heterocycles. The summed E-state index contributed by atoms with van der Waals surface area (Å²) in [5, 5.41) is 0. The van der Waals surface area contributed by atoms with Crippen molar-refractivity contribution >= 4 is 0 Å². The highest BCUT2D eigenvalue weighted by Crippen LogP contribution is 2.19. The first-order valence-electron chi connectivity index (χ1n) is 5.04. The van der Waals surface area contributed by atoms with Gasteiger partial charge in [-0.2, -0.15) is 4.39 Å². The molecule has 0 aliphatic carbocycles. The van der Waals surface area contributed by atoms with Crippen LogP contribution in [0.4, 0.5) is 4.39 Å². The minimum Gasteiger partial charge on any atom is -0.326 e. The number of aromatic nitrogens is 1. The number of rotatable bonds is 2. The van der Waals surface area contributed by atoms with Crippen molar-refractivity contribution in [2.24, 2.45) is 5.73 Å². The summed E-state index contributed by atoms with van der Waals surface area (Å²) in [4.78, 5) is 3.61. The second kappa shape index (κ2) is 6.41. The van der Waals surface area contributed by atoms with Crippen LogP contribution < -0.4 is 5.73 Å². The molecule has 1 aromatic heterocycles. The molecule has 0 radical (unpaired) electrons. The summed E-state index contributed by atoms with van der Waals surface area (Å²) in [5.41, 5.74) is 8.50. The summed E-state index contributed by atoms with van der Waals surface area (Å²) in [5.74, 6) is -0.464. The predicted molar refractivity (Wildman–Crippen MR) is 67.4 cm³/mol. The fourth-order valence-electron chi connectivity index (χ4n) is 1.42. The lowest BCUT2D eigenvalue weighted by Crippen LogP contribution is -1.95. The summed E-state index contributed by atoms with van der Waals surface area (Å²) >= 11 is 0. The monoisotopic (exact) mass is 228 g/mol. The Morgan fingerprint density at radius 1 is 1.12 bits per heavy atom. The largest absolute Gasteiger partial charge is 0.326 e. The third-order valence-corrected chi connectivity index (χ3v) is 2.22. The summed E-state index contributed by atoms with van der Waals surface area (Å²) in [6.45, 7) is 0.502. The van der Waals surface area contributed by atoms with Gasteiger partial charge in [-0.15, -0.1) is 12.8 Å². The van der Waals surface area contributed by atoms with Crippen LogP contribution in [0, 0.1) is 18.8 Å². The molecule has 2 nitrogen and oxygen atoms in total. The molecule has 0 atom stereocenters. The van der Waals surface area contributed by atoms with Crippen LogP contribution >= 0.6 is 0 Å². The molecule has 0 spiro atoms. The van der Waals surface area contributed by atoms with E-state index in [0.717, 1.165) is 16.7 Å². The molecular formula is C14H13FN2. The number of pyridine rings is 1. The summed E-state index contributed by atoms with van der Waals surface area (Å²) < 4.78 is 12.6. The van der Waals surface area contributed by atoms with Crippen LogP contribution in [0.15, 0.2) is 42.6 Å². The first kappa shape index (κ1) is 12.9. The Kier molecular flexibility index (Phi) is 4.86. The first-order valence-corrected chi connectivity index (χ1v) is 5.04. The zero-order valence-electron chi connectivity index (χ0n) is 9.31. The number of terminal acetylenes is 1. The van der Waals surface area contributed by atoms with E-state index in [1.54, 1.807) is 6.07 Å². The van der Waals surface area contributed by atoms with Crippen molar-refractivity contribution in [2.45, 2.75) is 6.54 Å². The Labute approximate surface area is 100 Å². The zero-order valence-corrected chi connectivity index (χ0v) is 9.31. The minimum absolute atomic E-state index is 0.464. The highest BCUT2D eigenvalue weighted by molar-refractivity contribution is 5.62. The summed E-state index contributed by atoms with van der Waals surface area (Å²) in [6.07, 6.45) is 9.52. The Bertz CT molecular complexity index is 489. The van der Waals surface area contributed by atoms with Gasteiger partial charge < -0.3 is 5.73 Å². The standard InChI is InChI=1S/C12H11FN2.C2H2/c13-12-5-4-11(8-15-12)10-3-1-2-9(6-10)7-14;1-2/h1-6,8H,7,14H2;1-2H. The van der Waals surface area contributed by atoms with Gasteiger partial charge in [-0.3, -0.25) is 0 Å². The number of nitrogens with zero attached hydrogens (tertiary/aromatic N) is 1. The molecule has 86 valence electrons. The van der Waals surface area contributed by atoms with Crippen LogP contribution in [0.2, 0.25) is 0 Å². The molecule has 0 saturated carbocycles. The number of benzene rings is 1. The molecule has 0 unspecified atom stereocenters. The zero-order chi connectivity index (χ0) is 12.7. The molecule has 17 heavy (non-hydrogen) atoms. The van der Waals surface area contributed by atoms with Gasteiger partial charge in [-0.25, -0.2) is 4.98 Å². The van der Waals surface area contributed by atoms with Gasteiger partial charge in [0.1, 0.15) is 0 Å². The fraction of sp³-hybridized carbons (Fsp3) is 0.0714. The van der Waals surface area contributed by atoms with Gasteiger partial charge in [0.2, 0.25) is 5.95 Å². The van der Waals surface area contributed by atoms with Gasteiger partial charge in [0, 0.05) is 18.3 Å². The van der Waals surface area contributed by atoms with E-state index < -0.39 is 5.95 Å². The minimum atomic E-state index is -0.464. The van der Waals surface area contributed by atoms with Crippen molar-refractivity contribution in [1.29, 1.82) is 0 Å². The molecule has 2 N–H and O–H groups in total. The smallest absolute Gasteiger partial charge is 0.212 e.